The molecule has 0 bridgehead atoms. The number of rotatable bonds is 3. The SMILES string of the molecule is C=C[C@@H](c1ccc(Cl)c(Cl)c1)C1C=CCC=C1. The minimum Gasteiger partial charge on any atom is -0.102 e. The molecule has 0 unspecified atom stereocenters. The summed E-state index contributed by atoms with van der Waals surface area (Å²) in [6.45, 7) is 3.92. The molecule has 2 rings (SSSR count). The van der Waals surface area contributed by atoms with E-state index in [-0.39, 0.29) is 5.92 Å². The molecule has 0 fully saturated rings. The Morgan fingerprint density at radius 1 is 1.18 bits per heavy atom. The van der Waals surface area contributed by atoms with Gasteiger partial charge in [0.2, 0.25) is 0 Å². The van der Waals surface area contributed by atoms with Crippen molar-refractivity contribution in [1.29, 1.82) is 0 Å². The van der Waals surface area contributed by atoms with Crippen molar-refractivity contribution in [1.82, 2.24) is 0 Å². The lowest BCUT2D eigenvalue weighted by Gasteiger charge is -2.21. The third-order valence-corrected chi connectivity index (χ3v) is 3.72. The Morgan fingerprint density at radius 2 is 1.88 bits per heavy atom. The molecule has 0 saturated carbocycles. The average Bonchev–Trinajstić information content (AvgIpc) is 2.36. The monoisotopic (exact) mass is 264 g/mol. The first-order valence-electron chi connectivity index (χ1n) is 5.63. The van der Waals surface area contributed by atoms with E-state index in [0.717, 1.165) is 12.0 Å². The molecule has 0 aromatic heterocycles. The van der Waals surface area contributed by atoms with Crippen LogP contribution in [0, 0.1) is 5.92 Å². The van der Waals surface area contributed by atoms with Crippen molar-refractivity contribution in [3.05, 3.63) is 70.8 Å². The van der Waals surface area contributed by atoms with Crippen LogP contribution in [-0.4, -0.2) is 0 Å². The lowest BCUT2D eigenvalue weighted by Crippen LogP contribution is -2.07. The summed E-state index contributed by atoms with van der Waals surface area (Å²) in [5.74, 6) is 0.607. The summed E-state index contributed by atoms with van der Waals surface area (Å²) >= 11 is 12.0. The predicted octanol–water partition coefficient (Wildman–Crippen LogP) is 5.40. The van der Waals surface area contributed by atoms with Gasteiger partial charge in [0.1, 0.15) is 0 Å². The maximum atomic E-state index is 6.05. The molecule has 1 aliphatic rings. The molecule has 0 nitrogen and oxygen atoms in total. The van der Waals surface area contributed by atoms with Crippen molar-refractivity contribution in [3.63, 3.8) is 0 Å². The van der Waals surface area contributed by atoms with Gasteiger partial charge in [-0.25, -0.2) is 0 Å². The minimum absolute atomic E-state index is 0.248. The molecule has 0 spiro atoms. The Kier molecular flexibility index (Phi) is 4.09. The van der Waals surface area contributed by atoms with Crippen LogP contribution in [0.2, 0.25) is 10.0 Å². The molecule has 0 amide bonds. The van der Waals surface area contributed by atoms with Gasteiger partial charge in [0, 0.05) is 11.8 Å². The molecule has 0 aliphatic heterocycles. The van der Waals surface area contributed by atoms with Crippen LogP contribution in [0.1, 0.15) is 17.9 Å². The maximum absolute atomic E-state index is 6.05. The van der Waals surface area contributed by atoms with Crippen LogP contribution in [-0.2, 0) is 0 Å². The Labute approximate surface area is 112 Å². The van der Waals surface area contributed by atoms with Crippen molar-refractivity contribution in [2.45, 2.75) is 12.3 Å². The molecule has 0 radical (unpaired) electrons. The fourth-order valence-corrected chi connectivity index (χ4v) is 2.40. The molecule has 1 atom stereocenters. The number of allylic oxidation sites excluding steroid dienone is 5. The molecular formula is C15H14Cl2. The summed E-state index contributed by atoms with van der Waals surface area (Å²) in [5.41, 5.74) is 1.15. The quantitative estimate of drug-likeness (QED) is 0.642. The van der Waals surface area contributed by atoms with Gasteiger partial charge in [0.05, 0.1) is 10.0 Å². The van der Waals surface area contributed by atoms with Gasteiger partial charge in [-0.15, -0.1) is 6.58 Å². The van der Waals surface area contributed by atoms with E-state index in [0.29, 0.717) is 16.0 Å². The smallest absolute Gasteiger partial charge is 0.0595 e. The summed E-state index contributed by atoms with van der Waals surface area (Å²) in [4.78, 5) is 0. The molecule has 1 aliphatic carbocycles. The molecule has 2 heteroatoms. The van der Waals surface area contributed by atoms with Crippen LogP contribution in [0.25, 0.3) is 0 Å². The molecule has 1 aromatic carbocycles. The fourth-order valence-electron chi connectivity index (χ4n) is 2.09. The first-order chi connectivity index (χ1) is 8.22. The summed E-state index contributed by atoms with van der Waals surface area (Å²) in [7, 11) is 0. The molecule has 88 valence electrons. The van der Waals surface area contributed by atoms with E-state index in [1.807, 2.05) is 24.3 Å². The molecular weight excluding hydrogens is 251 g/mol. The first-order valence-corrected chi connectivity index (χ1v) is 6.39. The Morgan fingerprint density at radius 3 is 2.47 bits per heavy atom. The van der Waals surface area contributed by atoms with E-state index in [2.05, 4.69) is 30.9 Å². The van der Waals surface area contributed by atoms with Crippen molar-refractivity contribution >= 4 is 23.2 Å². The van der Waals surface area contributed by atoms with Crippen molar-refractivity contribution in [3.8, 4) is 0 Å². The molecule has 0 heterocycles. The lowest BCUT2D eigenvalue weighted by molar-refractivity contribution is 0.698. The van der Waals surface area contributed by atoms with E-state index >= 15 is 0 Å². The molecule has 1 aromatic rings. The highest BCUT2D eigenvalue weighted by Crippen LogP contribution is 2.33. The van der Waals surface area contributed by atoms with E-state index in [9.17, 15) is 0 Å². The fraction of sp³-hybridized carbons (Fsp3) is 0.200. The maximum Gasteiger partial charge on any atom is 0.0595 e. The number of halogens is 2. The molecule has 17 heavy (non-hydrogen) atoms. The lowest BCUT2D eigenvalue weighted by atomic mass is 9.84. The Hall–Kier alpha value is -0.980. The van der Waals surface area contributed by atoms with Crippen LogP contribution in [0.15, 0.2) is 55.2 Å². The van der Waals surface area contributed by atoms with Crippen molar-refractivity contribution in [2.75, 3.05) is 0 Å². The standard InChI is InChI=1S/C15H14Cl2/c1-2-13(11-6-4-3-5-7-11)12-8-9-14(16)15(17)10-12/h2,4-11,13H,1,3H2/t13-/m1/s1. The van der Waals surface area contributed by atoms with Gasteiger partial charge >= 0.3 is 0 Å². The van der Waals surface area contributed by atoms with Crippen molar-refractivity contribution in [2.24, 2.45) is 5.92 Å². The largest absolute Gasteiger partial charge is 0.102 e. The normalized spacial score (nSPS) is 17.1. The highest BCUT2D eigenvalue weighted by Gasteiger charge is 2.17. The van der Waals surface area contributed by atoms with Crippen molar-refractivity contribution < 1.29 is 0 Å². The van der Waals surface area contributed by atoms with Gasteiger partial charge in [-0.3, -0.25) is 0 Å². The Balaban J connectivity index is 2.31. The van der Waals surface area contributed by atoms with Gasteiger partial charge in [0.25, 0.3) is 0 Å². The van der Waals surface area contributed by atoms with Crippen LogP contribution in [0.5, 0.6) is 0 Å². The van der Waals surface area contributed by atoms with Gasteiger partial charge < -0.3 is 0 Å². The summed E-state index contributed by atoms with van der Waals surface area (Å²) in [6, 6.07) is 5.77. The third-order valence-electron chi connectivity index (χ3n) is 2.99. The zero-order valence-corrected chi connectivity index (χ0v) is 11.0. The second kappa shape index (κ2) is 5.57. The summed E-state index contributed by atoms with van der Waals surface area (Å²) < 4.78 is 0. The zero-order valence-electron chi connectivity index (χ0n) is 9.44. The number of benzene rings is 1. The van der Waals surface area contributed by atoms with Gasteiger partial charge in [-0.2, -0.15) is 0 Å². The zero-order chi connectivity index (χ0) is 12.3. The van der Waals surface area contributed by atoms with E-state index in [4.69, 9.17) is 23.2 Å². The van der Waals surface area contributed by atoms with E-state index in [1.165, 1.54) is 0 Å². The highest BCUT2D eigenvalue weighted by molar-refractivity contribution is 6.42. The van der Waals surface area contributed by atoms with E-state index in [1.54, 1.807) is 0 Å². The van der Waals surface area contributed by atoms with E-state index < -0.39 is 0 Å². The minimum atomic E-state index is 0.248. The second-order valence-corrected chi connectivity index (χ2v) is 4.92. The van der Waals surface area contributed by atoms with Crippen LogP contribution < -0.4 is 0 Å². The first kappa shape index (κ1) is 12.5. The second-order valence-electron chi connectivity index (χ2n) is 4.10. The predicted molar refractivity (Wildman–Crippen MR) is 75.8 cm³/mol. The number of hydrogen-bond donors (Lipinski definition) is 0. The topological polar surface area (TPSA) is 0 Å². The van der Waals surface area contributed by atoms with Gasteiger partial charge in [0.15, 0.2) is 0 Å². The molecule has 0 saturated heterocycles. The Bertz CT molecular complexity index is 460. The number of hydrogen-bond acceptors (Lipinski definition) is 0. The van der Waals surface area contributed by atoms with Gasteiger partial charge in [-0.05, 0) is 24.1 Å². The highest BCUT2D eigenvalue weighted by atomic mass is 35.5. The molecule has 0 N–H and O–H groups in total. The summed E-state index contributed by atoms with van der Waals surface area (Å²) in [5, 5.41) is 1.19. The van der Waals surface area contributed by atoms with Crippen LogP contribution >= 0.6 is 23.2 Å². The third kappa shape index (κ3) is 2.83. The van der Waals surface area contributed by atoms with Gasteiger partial charge in [-0.1, -0.05) is 59.6 Å². The van der Waals surface area contributed by atoms with Crippen LogP contribution in [0.4, 0.5) is 0 Å². The van der Waals surface area contributed by atoms with Crippen LogP contribution in [0.3, 0.4) is 0 Å². The average molecular weight is 265 g/mol. The summed E-state index contributed by atoms with van der Waals surface area (Å²) in [6.07, 6.45) is 11.8.